The minimum Gasteiger partial charge on any atom is -0.478 e. The topological polar surface area (TPSA) is 95.5 Å². The van der Waals surface area contributed by atoms with Crippen LogP contribution >= 0.6 is 0 Å². The lowest BCUT2D eigenvalue weighted by Gasteiger charge is -2.06. The number of aliphatic carboxylic acids is 1. The van der Waals surface area contributed by atoms with Crippen molar-refractivity contribution in [1.82, 2.24) is 10.6 Å². The van der Waals surface area contributed by atoms with Crippen molar-refractivity contribution >= 4 is 23.9 Å². The fourth-order valence-corrected chi connectivity index (χ4v) is 1.50. The van der Waals surface area contributed by atoms with Crippen LogP contribution in [0.15, 0.2) is 24.3 Å². The van der Waals surface area contributed by atoms with Crippen LogP contribution in [0.3, 0.4) is 0 Å². The summed E-state index contributed by atoms with van der Waals surface area (Å²) in [6.07, 6.45) is 2.23. The first-order valence-electron chi connectivity index (χ1n) is 6.13. The summed E-state index contributed by atoms with van der Waals surface area (Å²) >= 11 is 0. The Labute approximate surface area is 120 Å². The Bertz CT molecular complexity index is 584. The van der Waals surface area contributed by atoms with E-state index < -0.39 is 17.7 Å². The van der Waals surface area contributed by atoms with Gasteiger partial charge < -0.3 is 15.7 Å². The van der Waals surface area contributed by atoms with Gasteiger partial charge in [0.25, 0.3) is 5.91 Å². The second kappa shape index (κ2) is 7.78. The van der Waals surface area contributed by atoms with Gasteiger partial charge in [-0.2, -0.15) is 0 Å². The fourth-order valence-electron chi connectivity index (χ4n) is 1.50. The summed E-state index contributed by atoms with van der Waals surface area (Å²) in [5, 5.41) is 13.3. The molecular weight excluding hydrogens is 279 g/mol. The van der Waals surface area contributed by atoms with E-state index in [0.717, 1.165) is 12.1 Å². The molecule has 0 saturated carbocycles. The molecule has 0 aliphatic carbocycles. The maximum atomic E-state index is 13.6. The summed E-state index contributed by atoms with van der Waals surface area (Å²) in [4.78, 5) is 33.2. The van der Waals surface area contributed by atoms with Crippen molar-refractivity contribution in [2.75, 3.05) is 13.6 Å². The van der Waals surface area contributed by atoms with E-state index in [-0.39, 0.29) is 24.4 Å². The van der Waals surface area contributed by atoms with Gasteiger partial charge in [-0.05, 0) is 23.8 Å². The number of benzene rings is 1. The van der Waals surface area contributed by atoms with E-state index in [1.54, 1.807) is 0 Å². The summed E-state index contributed by atoms with van der Waals surface area (Å²) in [5.74, 6) is -2.77. The second-order valence-electron chi connectivity index (χ2n) is 4.09. The van der Waals surface area contributed by atoms with Crippen molar-refractivity contribution in [3.63, 3.8) is 0 Å². The molecule has 2 amide bonds. The molecule has 0 aromatic heterocycles. The van der Waals surface area contributed by atoms with E-state index in [1.807, 2.05) is 0 Å². The van der Waals surface area contributed by atoms with Gasteiger partial charge in [-0.1, -0.05) is 6.07 Å². The molecule has 0 aliphatic heterocycles. The standard InChI is InChI=1S/C14H15FN2O4/c1-16-12(18)6-7-17-14(21)10-8-9(2-4-11(10)15)3-5-13(19)20/h2-5,8H,6-7H2,1H3,(H,16,18)(H,17,21)(H,19,20). The average molecular weight is 294 g/mol. The van der Waals surface area contributed by atoms with E-state index in [9.17, 15) is 18.8 Å². The molecule has 0 fully saturated rings. The summed E-state index contributed by atoms with van der Waals surface area (Å²) in [6.45, 7) is 0.0765. The predicted molar refractivity (Wildman–Crippen MR) is 74.1 cm³/mol. The minimum atomic E-state index is -1.14. The zero-order valence-corrected chi connectivity index (χ0v) is 11.4. The minimum absolute atomic E-state index is 0.0765. The van der Waals surface area contributed by atoms with E-state index >= 15 is 0 Å². The number of rotatable bonds is 6. The lowest BCUT2D eigenvalue weighted by Crippen LogP contribution is -2.29. The summed E-state index contributed by atoms with van der Waals surface area (Å²) in [5.41, 5.74) is 0.176. The number of hydrogen-bond acceptors (Lipinski definition) is 3. The highest BCUT2D eigenvalue weighted by Crippen LogP contribution is 2.12. The third kappa shape index (κ3) is 5.43. The quantitative estimate of drug-likeness (QED) is 0.676. The third-order valence-corrected chi connectivity index (χ3v) is 2.57. The molecular formula is C14H15FN2O4. The lowest BCUT2D eigenvalue weighted by molar-refractivity contribution is -0.131. The molecule has 112 valence electrons. The maximum Gasteiger partial charge on any atom is 0.328 e. The highest BCUT2D eigenvalue weighted by Gasteiger charge is 2.12. The van der Waals surface area contributed by atoms with Gasteiger partial charge in [-0.15, -0.1) is 0 Å². The molecule has 1 aromatic carbocycles. The molecule has 0 unspecified atom stereocenters. The molecule has 0 aliphatic rings. The maximum absolute atomic E-state index is 13.6. The monoisotopic (exact) mass is 294 g/mol. The predicted octanol–water partition coefficient (Wildman–Crippen LogP) is 0.789. The fraction of sp³-hybridized carbons (Fsp3) is 0.214. The first-order chi connectivity index (χ1) is 9.93. The van der Waals surface area contributed by atoms with Gasteiger partial charge in [-0.25, -0.2) is 9.18 Å². The number of carboxylic acids is 1. The van der Waals surface area contributed by atoms with Crippen LogP contribution in [-0.2, 0) is 9.59 Å². The van der Waals surface area contributed by atoms with Gasteiger partial charge in [0.1, 0.15) is 5.82 Å². The average Bonchev–Trinajstić information content (AvgIpc) is 2.45. The number of hydrogen-bond donors (Lipinski definition) is 3. The molecule has 0 atom stereocenters. The van der Waals surface area contributed by atoms with Gasteiger partial charge in [0.05, 0.1) is 5.56 Å². The lowest BCUT2D eigenvalue weighted by atomic mass is 10.1. The van der Waals surface area contributed by atoms with Gasteiger partial charge in [0.15, 0.2) is 0 Å². The molecule has 6 nitrogen and oxygen atoms in total. The van der Waals surface area contributed by atoms with Gasteiger partial charge in [0.2, 0.25) is 5.91 Å². The van der Waals surface area contributed by atoms with Gasteiger partial charge in [-0.3, -0.25) is 9.59 Å². The van der Waals surface area contributed by atoms with Crippen molar-refractivity contribution in [2.24, 2.45) is 0 Å². The number of amides is 2. The molecule has 21 heavy (non-hydrogen) atoms. The Kier molecular flexibility index (Phi) is 6.06. The van der Waals surface area contributed by atoms with Crippen LogP contribution in [-0.4, -0.2) is 36.5 Å². The first kappa shape index (κ1) is 16.4. The Morgan fingerprint density at radius 3 is 2.67 bits per heavy atom. The summed E-state index contributed by atoms with van der Waals surface area (Å²) in [7, 11) is 1.47. The van der Waals surface area contributed by atoms with Crippen LogP contribution in [0.2, 0.25) is 0 Å². The van der Waals surface area contributed by atoms with E-state index in [4.69, 9.17) is 5.11 Å². The van der Waals surface area contributed by atoms with Crippen molar-refractivity contribution in [2.45, 2.75) is 6.42 Å². The first-order valence-corrected chi connectivity index (χ1v) is 6.13. The van der Waals surface area contributed by atoms with Crippen molar-refractivity contribution in [3.8, 4) is 0 Å². The number of carboxylic acid groups (broad SMARTS) is 1. The number of nitrogens with one attached hydrogen (secondary N) is 2. The Balaban J connectivity index is 2.76. The number of carbonyl (C=O) groups excluding carboxylic acids is 2. The van der Waals surface area contributed by atoms with Crippen LogP contribution in [0.5, 0.6) is 0 Å². The molecule has 0 heterocycles. The summed E-state index contributed by atoms with van der Waals surface area (Å²) in [6, 6.07) is 3.68. The third-order valence-electron chi connectivity index (χ3n) is 2.57. The van der Waals surface area contributed by atoms with Crippen molar-refractivity contribution in [1.29, 1.82) is 0 Å². The summed E-state index contributed by atoms with van der Waals surface area (Å²) < 4.78 is 13.6. The Morgan fingerprint density at radius 2 is 2.05 bits per heavy atom. The highest BCUT2D eigenvalue weighted by atomic mass is 19.1. The highest BCUT2D eigenvalue weighted by molar-refractivity contribution is 5.95. The number of halogens is 1. The molecule has 0 bridgehead atoms. The molecule has 0 spiro atoms. The molecule has 3 N–H and O–H groups in total. The van der Waals surface area contributed by atoms with Crippen molar-refractivity contribution in [3.05, 3.63) is 41.2 Å². The van der Waals surface area contributed by atoms with E-state index in [2.05, 4.69) is 10.6 Å². The molecule has 0 saturated heterocycles. The number of carbonyl (C=O) groups is 3. The normalized spacial score (nSPS) is 10.4. The largest absolute Gasteiger partial charge is 0.478 e. The Hall–Kier alpha value is -2.70. The van der Waals surface area contributed by atoms with Gasteiger partial charge in [0, 0.05) is 26.1 Å². The van der Waals surface area contributed by atoms with Crippen molar-refractivity contribution < 1.29 is 23.9 Å². The zero-order valence-electron chi connectivity index (χ0n) is 11.4. The van der Waals surface area contributed by atoms with Crippen LogP contribution in [0.25, 0.3) is 6.08 Å². The molecule has 1 aromatic rings. The molecule has 0 radical (unpaired) electrons. The van der Waals surface area contributed by atoms with Crippen LogP contribution in [0.4, 0.5) is 4.39 Å². The SMILES string of the molecule is CNC(=O)CCNC(=O)c1cc(C=CC(=O)O)ccc1F. The van der Waals surface area contributed by atoms with Crippen LogP contribution < -0.4 is 10.6 Å². The second-order valence-corrected chi connectivity index (χ2v) is 4.09. The smallest absolute Gasteiger partial charge is 0.328 e. The van der Waals surface area contributed by atoms with Crippen LogP contribution in [0, 0.1) is 5.82 Å². The Morgan fingerprint density at radius 1 is 1.33 bits per heavy atom. The van der Waals surface area contributed by atoms with E-state index in [0.29, 0.717) is 5.56 Å². The zero-order chi connectivity index (χ0) is 15.8. The molecule has 7 heteroatoms. The van der Waals surface area contributed by atoms with E-state index in [1.165, 1.54) is 25.3 Å². The van der Waals surface area contributed by atoms with Gasteiger partial charge >= 0.3 is 5.97 Å². The molecule has 1 rings (SSSR count). The van der Waals surface area contributed by atoms with Crippen LogP contribution in [0.1, 0.15) is 22.3 Å².